The molecule has 2 atom stereocenters. The Morgan fingerprint density at radius 3 is 1.50 bits per heavy atom. The minimum Gasteiger partial charge on any atom is -0.293 e. The Bertz CT molecular complexity index is 174. The van der Waals surface area contributed by atoms with Crippen LogP contribution >= 0.6 is 0 Å². The average molecular weight is 227 g/mol. The lowest BCUT2D eigenvalue weighted by Crippen LogP contribution is -2.53. The fraction of sp³-hybridized carbons (Fsp3) is 1.00. The standard InChI is InChI=1S/C15H33N/c1-9-13(5)16(14(6)10-2)15(7,8)11-12(3)4/h12-14H,9-11H2,1-8H3. The van der Waals surface area contributed by atoms with Crippen LogP contribution in [-0.2, 0) is 0 Å². The zero-order chi connectivity index (χ0) is 12.9. The molecule has 0 radical (unpaired) electrons. The van der Waals surface area contributed by atoms with Gasteiger partial charge in [-0.15, -0.1) is 0 Å². The fourth-order valence-corrected chi connectivity index (χ4v) is 3.13. The molecule has 1 nitrogen and oxygen atoms in total. The van der Waals surface area contributed by atoms with Gasteiger partial charge in [-0.05, 0) is 52.9 Å². The van der Waals surface area contributed by atoms with Crippen LogP contribution in [0.5, 0.6) is 0 Å². The first-order chi connectivity index (χ1) is 7.26. The van der Waals surface area contributed by atoms with Gasteiger partial charge in [-0.25, -0.2) is 0 Å². The van der Waals surface area contributed by atoms with Gasteiger partial charge in [-0.1, -0.05) is 27.7 Å². The lowest BCUT2D eigenvalue weighted by atomic mass is 9.87. The maximum Gasteiger partial charge on any atom is 0.0161 e. The van der Waals surface area contributed by atoms with E-state index in [-0.39, 0.29) is 0 Å². The molecule has 0 aromatic rings. The molecule has 0 heterocycles. The van der Waals surface area contributed by atoms with Gasteiger partial charge in [0.15, 0.2) is 0 Å². The Morgan fingerprint density at radius 1 is 0.875 bits per heavy atom. The van der Waals surface area contributed by atoms with E-state index < -0.39 is 0 Å². The van der Waals surface area contributed by atoms with Crippen molar-refractivity contribution in [3.63, 3.8) is 0 Å². The van der Waals surface area contributed by atoms with Gasteiger partial charge in [-0.2, -0.15) is 0 Å². The third kappa shape index (κ3) is 4.45. The predicted octanol–water partition coefficient (Wildman–Crippen LogP) is 4.71. The first-order valence-corrected chi connectivity index (χ1v) is 7.04. The van der Waals surface area contributed by atoms with E-state index >= 15 is 0 Å². The summed E-state index contributed by atoms with van der Waals surface area (Å²) >= 11 is 0. The molecule has 0 aliphatic rings. The van der Waals surface area contributed by atoms with Crippen LogP contribution in [-0.4, -0.2) is 22.5 Å². The van der Waals surface area contributed by atoms with Crippen LogP contribution in [0.2, 0.25) is 0 Å². The van der Waals surface area contributed by atoms with Crippen molar-refractivity contribution < 1.29 is 0 Å². The number of hydrogen-bond acceptors (Lipinski definition) is 1. The Balaban J connectivity index is 4.85. The lowest BCUT2D eigenvalue weighted by molar-refractivity contribution is 0.0194. The summed E-state index contributed by atoms with van der Waals surface area (Å²) in [6.45, 7) is 18.8. The van der Waals surface area contributed by atoms with Crippen LogP contribution < -0.4 is 0 Å². The van der Waals surface area contributed by atoms with Crippen LogP contribution in [0, 0.1) is 5.92 Å². The smallest absolute Gasteiger partial charge is 0.0161 e. The molecule has 1 heteroatoms. The van der Waals surface area contributed by atoms with Gasteiger partial charge >= 0.3 is 0 Å². The molecule has 0 N–H and O–H groups in total. The quantitative estimate of drug-likeness (QED) is 0.609. The van der Waals surface area contributed by atoms with Crippen LogP contribution in [0.3, 0.4) is 0 Å². The van der Waals surface area contributed by atoms with E-state index in [1.807, 2.05) is 0 Å². The van der Waals surface area contributed by atoms with Gasteiger partial charge in [0.1, 0.15) is 0 Å². The fourth-order valence-electron chi connectivity index (χ4n) is 3.13. The van der Waals surface area contributed by atoms with E-state index in [9.17, 15) is 0 Å². The summed E-state index contributed by atoms with van der Waals surface area (Å²) in [7, 11) is 0. The second-order valence-electron chi connectivity index (χ2n) is 6.33. The van der Waals surface area contributed by atoms with Crippen LogP contribution in [0.4, 0.5) is 0 Å². The summed E-state index contributed by atoms with van der Waals surface area (Å²) in [5, 5.41) is 0. The molecule has 0 aromatic carbocycles. The molecule has 0 aliphatic heterocycles. The van der Waals surface area contributed by atoms with Gasteiger partial charge in [0, 0.05) is 17.6 Å². The highest BCUT2D eigenvalue weighted by Gasteiger charge is 2.33. The van der Waals surface area contributed by atoms with E-state index in [1.54, 1.807) is 0 Å². The average Bonchev–Trinajstić information content (AvgIpc) is 2.14. The normalized spacial score (nSPS) is 16.9. The Kier molecular flexibility index (Phi) is 6.62. The molecule has 98 valence electrons. The molecule has 0 spiro atoms. The highest BCUT2D eigenvalue weighted by atomic mass is 15.2. The number of hydrogen-bond donors (Lipinski definition) is 0. The van der Waals surface area contributed by atoms with Gasteiger partial charge < -0.3 is 0 Å². The van der Waals surface area contributed by atoms with E-state index in [1.165, 1.54) is 19.3 Å². The summed E-state index contributed by atoms with van der Waals surface area (Å²) < 4.78 is 0. The largest absolute Gasteiger partial charge is 0.293 e. The molecule has 0 saturated heterocycles. The zero-order valence-electron chi connectivity index (χ0n) is 12.8. The highest BCUT2D eigenvalue weighted by Crippen LogP contribution is 2.29. The summed E-state index contributed by atoms with van der Waals surface area (Å²) in [6, 6.07) is 1.37. The Hall–Kier alpha value is -0.0400. The molecule has 0 fully saturated rings. The van der Waals surface area contributed by atoms with Crippen molar-refractivity contribution in [1.29, 1.82) is 0 Å². The maximum absolute atomic E-state index is 2.73. The van der Waals surface area contributed by atoms with Crippen LogP contribution in [0.25, 0.3) is 0 Å². The third-order valence-electron chi connectivity index (χ3n) is 3.74. The van der Waals surface area contributed by atoms with Gasteiger partial charge in [0.25, 0.3) is 0 Å². The third-order valence-corrected chi connectivity index (χ3v) is 3.74. The second kappa shape index (κ2) is 6.64. The van der Waals surface area contributed by atoms with Crippen LogP contribution in [0.15, 0.2) is 0 Å². The molecule has 16 heavy (non-hydrogen) atoms. The SMILES string of the molecule is CCC(C)N(C(C)CC)C(C)(C)CC(C)C. The Morgan fingerprint density at radius 2 is 1.25 bits per heavy atom. The summed E-state index contributed by atoms with van der Waals surface area (Å²) in [5.74, 6) is 0.769. The molecule has 0 rings (SSSR count). The van der Waals surface area contributed by atoms with Crippen LogP contribution in [0.1, 0.15) is 74.7 Å². The minimum atomic E-state index is 0.318. The van der Waals surface area contributed by atoms with Crippen molar-refractivity contribution >= 4 is 0 Å². The molecule has 0 amide bonds. The molecule has 0 aromatic heterocycles. The molecule has 2 unspecified atom stereocenters. The predicted molar refractivity (Wildman–Crippen MR) is 74.9 cm³/mol. The summed E-state index contributed by atoms with van der Waals surface area (Å²) in [6.07, 6.45) is 3.76. The second-order valence-corrected chi connectivity index (χ2v) is 6.33. The lowest BCUT2D eigenvalue weighted by Gasteiger charge is -2.47. The first-order valence-electron chi connectivity index (χ1n) is 7.04. The highest BCUT2D eigenvalue weighted by molar-refractivity contribution is 4.88. The topological polar surface area (TPSA) is 3.24 Å². The maximum atomic E-state index is 2.73. The number of nitrogens with zero attached hydrogens (tertiary/aromatic N) is 1. The summed E-state index contributed by atoms with van der Waals surface area (Å²) in [5.41, 5.74) is 0.318. The van der Waals surface area contributed by atoms with Crippen molar-refractivity contribution in [1.82, 2.24) is 4.90 Å². The monoisotopic (exact) mass is 227 g/mol. The van der Waals surface area contributed by atoms with Gasteiger partial charge in [0.2, 0.25) is 0 Å². The van der Waals surface area contributed by atoms with E-state index in [2.05, 4.69) is 60.3 Å². The van der Waals surface area contributed by atoms with Gasteiger partial charge in [-0.3, -0.25) is 4.90 Å². The van der Waals surface area contributed by atoms with E-state index in [0.29, 0.717) is 17.6 Å². The zero-order valence-corrected chi connectivity index (χ0v) is 12.8. The van der Waals surface area contributed by atoms with E-state index in [4.69, 9.17) is 0 Å². The minimum absolute atomic E-state index is 0.318. The summed E-state index contributed by atoms with van der Waals surface area (Å²) in [4.78, 5) is 2.73. The van der Waals surface area contributed by atoms with Crippen molar-refractivity contribution in [2.75, 3.05) is 0 Å². The van der Waals surface area contributed by atoms with Crippen molar-refractivity contribution in [3.8, 4) is 0 Å². The van der Waals surface area contributed by atoms with Crippen molar-refractivity contribution in [2.45, 2.75) is 92.3 Å². The molecule has 0 aliphatic carbocycles. The van der Waals surface area contributed by atoms with E-state index in [0.717, 1.165) is 5.92 Å². The molecular formula is C15H33N. The van der Waals surface area contributed by atoms with Gasteiger partial charge in [0.05, 0.1) is 0 Å². The molecule has 0 bridgehead atoms. The van der Waals surface area contributed by atoms with Crippen molar-refractivity contribution in [3.05, 3.63) is 0 Å². The molecular weight excluding hydrogens is 194 g/mol. The first kappa shape index (κ1) is 16.0. The number of rotatable bonds is 7. The molecule has 0 saturated carbocycles. The van der Waals surface area contributed by atoms with Crippen molar-refractivity contribution in [2.24, 2.45) is 5.92 Å². The Labute approximate surface area is 104 Å².